The Labute approximate surface area is 166 Å². The normalized spacial score (nSPS) is 47.2. The summed E-state index contributed by atoms with van der Waals surface area (Å²) in [4.78, 5) is 24.2. The minimum atomic E-state index is -0.430. The van der Waals surface area contributed by atoms with Crippen LogP contribution in [0.25, 0.3) is 0 Å². The molecule has 3 fully saturated rings. The first-order valence-electron chi connectivity index (χ1n) is 9.87. The fourth-order valence-corrected chi connectivity index (χ4v) is 7.33. The molecule has 0 saturated heterocycles. The molecule has 3 saturated carbocycles. The molecule has 0 heterocycles. The van der Waals surface area contributed by atoms with Crippen LogP contribution in [0.3, 0.4) is 0 Å². The van der Waals surface area contributed by atoms with Gasteiger partial charge in [0.25, 0.3) is 0 Å². The third kappa shape index (κ3) is 2.70. The number of hydrogen-bond donors (Lipinski definition) is 2. The number of ketones is 2. The van der Waals surface area contributed by atoms with Crippen LogP contribution in [0.5, 0.6) is 0 Å². The molecule has 5 heteroatoms. The second-order valence-electron chi connectivity index (χ2n) is 9.42. The molecule has 26 heavy (non-hydrogen) atoms. The summed E-state index contributed by atoms with van der Waals surface area (Å²) in [7, 11) is 0. The van der Waals surface area contributed by atoms with Gasteiger partial charge in [-0.2, -0.15) is 0 Å². The Morgan fingerprint density at radius 2 is 1.96 bits per heavy atom. The molecule has 0 aromatic heterocycles. The molecule has 0 amide bonds. The van der Waals surface area contributed by atoms with E-state index in [0.29, 0.717) is 24.7 Å². The zero-order valence-electron chi connectivity index (χ0n) is 15.6. The van der Waals surface area contributed by atoms with Gasteiger partial charge in [0, 0.05) is 29.4 Å². The van der Waals surface area contributed by atoms with Crippen molar-refractivity contribution < 1.29 is 36.9 Å². The van der Waals surface area contributed by atoms with E-state index in [4.69, 9.17) is 0 Å². The van der Waals surface area contributed by atoms with Gasteiger partial charge in [0.15, 0.2) is 11.6 Å². The van der Waals surface area contributed by atoms with Crippen molar-refractivity contribution in [3.8, 4) is 0 Å². The van der Waals surface area contributed by atoms with Gasteiger partial charge >= 0.3 is 0 Å². The van der Waals surface area contributed by atoms with E-state index in [1.165, 1.54) is 5.57 Å². The van der Waals surface area contributed by atoms with Crippen LogP contribution >= 0.6 is 0 Å². The first-order valence-corrected chi connectivity index (χ1v) is 9.87. The summed E-state index contributed by atoms with van der Waals surface area (Å²) in [5, 5.41) is 20.5. The number of hydrogen-bond acceptors (Lipinski definition) is 4. The standard InChI is InChI=1S/C21H30O4.Cu/c1-20-8-7-13(23)9-12(20)3-4-14-15-5-6-16(18(25)11-22)21(15,2)10-17(24)19(14)20;/h9,14-17,19,22,24H,3-8,10-11H2,1-2H3;/t14-,15-,16+,17-,19+,20-,21-;/m0./s1. The number of carbonyl (C=O) groups is 2. The Hall–Kier alpha value is -0.481. The van der Waals surface area contributed by atoms with Crippen LogP contribution in [0, 0.1) is 34.5 Å². The van der Waals surface area contributed by atoms with Crippen molar-refractivity contribution in [3.63, 3.8) is 0 Å². The topological polar surface area (TPSA) is 74.6 Å². The largest absolute Gasteiger partial charge is 0.393 e. The molecule has 149 valence electrons. The van der Waals surface area contributed by atoms with Gasteiger partial charge in [0.2, 0.25) is 0 Å². The summed E-state index contributed by atoms with van der Waals surface area (Å²) in [6.07, 6.45) is 7.32. The Bertz CT molecular complexity index is 644. The number of carbonyl (C=O) groups excluding carboxylic acids is 2. The van der Waals surface area contributed by atoms with Crippen LogP contribution in [0.15, 0.2) is 11.6 Å². The average molecular weight is 410 g/mol. The summed E-state index contributed by atoms with van der Waals surface area (Å²) in [5.74, 6) is 1.12. The Balaban J connectivity index is 0.00000196. The van der Waals surface area contributed by atoms with Gasteiger partial charge in [-0.3, -0.25) is 9.59 Å². The molecule has 0 aromatic carbocycles. The van der Waals surface area contributed by atoms with Gasteiger partial charge in [0.1, 0.15) is 6.61 Å². The van der Waals surface area contributed by atoms with Crippen LogP contribution in [0.1, 0.15) is 58.8 Å². The zero-order valence-corrected chi connectivity index (χ0v) is 16.6. The Morgan fingerprint density at radius 1 is 1.23 bits per heavy atom. The number of aliphatic hydroxyl groups is 2. The summed E-state index contributed by atoms with van der Waals surface area (Å²) in [5.41, 5.74) is 0.979. The molecule has 4 rings (SSSR count). The molecule has 4 aliphatic rings. The van der Waals surface area contributed by atoms with Crippen molar-refractivity contribution in [1.29, 1.82) is 0 Å². The molecule has 0 bridgehead atoms. The van der Waals surface area contributed by atoms with Crippen LogP contribution in [-0.2, 0) is 26.7 Å². The minimum Gasteiger partial charge on any atom is -0.393 e. The Morgan fingerprint density at radius 3 is 2.65 bits per heavy atom. The number of aliphatic hydroxyl groups excluding tert-OH is 2. The predicted molar refractivity (Wildman–Crippen MR) is 93.7 cm³/mol. The fraction of sp³-hybridized carbons (Fsp3) is 0.810. The van der Waals surface area contributed by atoms with Crippen molar-refractivity contribution in [2.75, 3.05) is 6.61 Å². The number of allylic oxidation sites excluding steroid dienone is 1. The van der Waals surface area contributed by atoms with Gasteiger partial charge in [-0.05, 0) is 73.2 Å². The molecule has 4 nitrogen and oxygen atoms in total. The molecule has 2 N–H and O–H groups in total. The molecule has 0 spiro atoms. The first kappa shape index (κ1) is 20.3. The summed E-state index contributed by atoms with van der Waals surface area (Å²) in [6, 6.07) is 0. The maximum absolute atomic E-state index is 12.3. The van der Waals surface area contributed by atoms with Crippen LogP contribution in [0.4, 0.5) is 0 Å². The SMILES string of the molecule is C[C@]12C[C@H](O)[C@H]3[C@@H](CCC4=CC(=O)CC[C@@]43C)[C@@H]1CC[C@@H]2C(=O)CO.[Cu]. The smallest absolute Gasteiger partial charge is 0.161 e. The van der Waals surface area contributed by atoms with Gasteiger partial charge in [-0.1, -0.05) is 19.4 Å². The zero-order chi connectivity index (χ0) is 18.0. The van der Waals surface area contributed by atoms with E-state index in [-0.39, 0.29) is 57.9 Å². The predicted octanol–water partition coefficient (Wildman–Crippen LogP) is 2.66. The summed E-state index contributed by atoms with van der Waals surface area (Å²) in [6.45, 7) is 4.03. The molecule has 0 aliphatic heterocycles. The van der Waals surface area contributed by atoms with Gasteiger partial charge < -0.3 is 10.2 Å². The molecule has 1 radical (unpaired) electrons. The maximum Gasteiger partial charge on any atom is 0.161 e. The van der Waals surface area contributed by atoms with Gasteiger partial charge in [0.05, 0.1) is 6.10 Å². The monoisotopic (exact) mass is 409 g/mol. The number of rotatable bonds is 2. The van der Waals surface area contributed by atoms with Crippen LogP contribution < -0.4 is 0 Å². The fourth-order valence-electron chi connectivity index (χ4n) is 7.33. The second-order valence-corrected chi connectivity index (χ2v) is 9.42. The van der Waals surface area contributed by atoms with E-state index in [1.807, 2.05) is 6.08 Å². The van der Waals surface area contributed by atoms with Crippen molar-refractivity contribution in [1.82, 2.24) is 0 Å². The quantitative estimate of drug-likeness (QED) is 0.687. The van der Waals surface area contributed by atoms with Crippen molar-refractivity contribution in [3.05, 3.63) is 11.6 Å². The third-order valence-electron chi connectivity index (χ3n) is 8.44. The van der Waals surface area contributed by atoms with Crippen LogP contribution in [0.2, 0.25) is 0 Å². The molecule has 0 aromatic rings. The van der Waals surface area contributed by atoms with E-state index in [1.54, 1.807) is 0 Å². The number of fused-ring (bicyclic) bond motifs is 5. The molecular weight excluding hydrogens is 380 g/mol. The third-order valence-corrected chi connectivity index (χ3v) is 8.44. The molecular formula is C21H30CuO4. The van der Waals surface area contributed by atoms with Crippen LogP contribution in [-0.4, -0.2) is 34.5 Å². The van der Waals surface area contributed by atoms with E-state index in [9.17, 15) is 19.8 Å². The van der Waals surface area contributed by atoms with E-state index < -0.39 is 6.10 Å². The van der Waals surface area contributed by atoms with E-state index in [0.717, 1.165) is 32.1 Å². The maximum atomic E-state index is 12.3. The summed E-state index contributed by atoms with van der Waals surface area (Å²) < 4.78 is 0. The minimum absolute atomic E-state index is 0. The van der Waals surface area contributed by atoms with E-state index in [2.05, 4.69) is 13.8 Å². The first-order chi connectivity index (χ1) is 11.8. The summed E-state index contributed by atoms with van der Waals surface area (Å²) >= 11 is 0. The number of Topliss-reactive ketones (excluding diaryl/α,β-unsaturated/α-hetero) is 1. The average Bonchev–Trinajstić information content (AvgIpc) is 2.91. The second kappa shape index (κ2) is 6.84. The molecule has 0 unspecified atom stereocenters. The Kier molecular flexibility index (Phi) is 5.33. The van der Waals surface area contributed by atoms with Gasteiger partial charge in [-0.25, -0.2) is 0 Å². The van der Waals surface area contributed by atoms with Crippen molar-refractivity contribution in [2.24, 2.45) is 34.5 Å². The van der Waals surface area contributed by atoms with Crippen molar-refractivity contribution in [2.45, 2.75) is 64.9 Å². The molecule has 7 atom stereocenters. The van der Waals surface area contributed by atoms with Gasteiger partial charge in [-0.15, -0.1) is 0 Å². The van der Waals surface area contributed by atoms with Crippen molar-refractivity contribution >= 4 is 11.6 Å². The molecule has 4 aliphatic carbocycles. The van der Waals surface area contributed by atoms with E-state index >= 15 is 0 Å².